The Kier molecular flexibility index (Phi) is 2.74. The Morgan fingerprint density at radius 1 is 1.44 bits per heavy atom. The molecule has 9 heavy (non-hydrogen) atoms. The summed E-state index contributed by atoms with van der Waals surface area (Å²) in [7, 11) is 0. The van der Waals surface area contributed by atoms with E-state index in [1.165, 1.54) is 0 Å². The second-order valence-electron chi connectivity index (χ2n) is 2.19. The number of aliphatic hydroxyl groups is 1. The number of hydrogen-bond acceptors (Lipinski definition) is 2. The first-order chi connectivity index (χ1) is 4.39. The van der Waals surface area contributed by atoms with Crippen LogP contribution in [0.5, 0.6) is 0 Å². The van der Waals surface area contributed by atoms with Crippen molar-refractivity contribution < 1.29 is 9.84 Å². The summed E-state index contributed by atoms with van der Waals surface area (Å²) in [6.45, 7) is 1.48. The van der Waals surface area contributed by atoms with Crippen LogP contribution in [0.15, 0.2) is 12.2 Å². The van der Waals surface area contributed by atoms with E-state index in [0.717, 1.165) is 19.4 Å². The molecule has 0 aromatic rings. The van der Waals surface area contributed by atoms with Gasteiger partial charge in [0.05, 0.1) is 12.7 Å². The van der Waals surface area contributed by atoms with E-state index < -0.39 is 0 Å². The molecule has 1 aliphatic rings. The second-order valence-corrected chi connectivity index (χ2v) is 2.19. The molecule has 0 spiro atoms. The minimum absolute atomic E-state index is 0.287. The predicted molar refractivity (Wildman–Crippen MR) is 35.2 cm³/mol. The molecule has 0 saturated heterocycles. The molecule has 1 heterocycles. The molecule has 0 aromatic heterocycles. The fourth-order valence-electron chi connectivity index (χ4n) is 0.807. The average Bonchev–Trinajstić information content (AvgIpc) is 1.79. The van der Waals surface area contributed by atoms with Crippen LogP contribution in [-0.4, -0.2) is 24.4 Å². The third kappa shape index (κ3) is 2.63. The Bertz CT molecular complexity index is 99.1. The van der Waals surface area contributed by atoms with Gasteiger partial charge in [-0.2, -0.15) is 0 Å². The Morgan fingerprint density at radius 2 is 2.33 bits per heavy atom. The topological polar surface area (TPSA) is 29.5 Å². The summed E-state index contributed by atoms with van der Waals surface area (Å²) in [4.78, 5) is 0. The highest BCUT2D eigenvalue weighted by Crippen LogP contribution is 2.00. The molecule has 1 unspecified atom stereocenters. The van der Waals surface area contributed by atoms with E-state index in [4.69, 9.17) is 9.84 Å². The SMILES string of the molecule is OC1/C=C\CCOCC1. The molecule has 0 aliphatic carbocycles. The second kappa shape index (κ2) is 3.64. The van der Waals surface area contributed by atoms with Crippen molar-refractivity contribution in [2.75, 3.05) is 13.2 Å². The number of ether oxygens (including phenoxy) is 1. The zero-order valence-electron chi connectivity index (χ0n) is 5.42. The summed E-state index contributed by atoms with van der Waals surface area (Å²) in [5.41, 5.74) is 0. The van der Waals surface area contributed by atoms with Gasteiger partial charge in [0.25, 0.3) is 0 Å². The summed E-state index contributed by atoms with van der Waals surface area (Å²) in [5.74, 6) is 0. The zero-order chi connectivity index (χ0) is 6.53. The van der Waals surface area contributed by atoms with Crippen LogP contribution in [0.1, 0.15) is 12.8 Å². The normalized spacial score (nSPS) is 32.8. The van der Waals surface area contributed by atoms with E-state index in [1.807, 2.05) is 12.2 Å². The zero-order valence-corrected chi connectivity index (χ0v) is 5.42. The van der Waals surface area contributed by atoms with Crippen LogP contribution in [0, 0.1) is 0 Å². The van der Waals surface area contributed by atoms with Gasteiger partial charge >= 0.3 is 0 Å². The van der Waals surface area contributed by atoms with Gasteiger partial charge in [-0.3, -0.25) is 0 Å². The maximum atomic E-state index is 9.05. The quantitative estimate of drug-likeness (QED) is 0.487. The summed E-state index contributed by atoms with van der Waals surface area (Å²) in [5, 5.41) is 9.05. The Morgan fingerprint density at radius 3 is 3.22 bits per heavy atom. The molecule has 1 aliphatic heterocycles. The molecule has 0 fully saturated rings. The minimum atomic E-state index is -0.287. The third-order valence-electron chi connectivity index (χ3n) is 1.35. The van der Waals surface area contributed by atoms with Crippen LogP contribution in [0.2, 0.25) is 0 Å². The maximum absolute atomic E-state index is 9.05. The van der Waals surface area contributed by atoms with Crippen molar-refractivity contribution in [3.05, 3.63) is 12.2 Å². The van der Waals surface area contributed by atoms with Crippen LogP contribution < -0.4 is 0 Å². The van der Waals surface area contributed by atoms with Gasteiger partial charge in [-0.15, -0.1) is 0 Å². The molecule has 1 N–H and O–H groups in total. The molecule has 0 radical (unpaired) electrons. The Balaban J connectivity index is 2.30. The van der Waals surface area contributed by atoms with Gasteiger partial charge in [0.1, 0.15) is 0 Å². The van der Waals surface area contributed by atoms with E-state index in [9.17, 15) is 0 Å². The van der Waals surface area contributed by atoms with Crippen LogP contribution in [0.4, 0.5) is 0 Å². The first-order valence-electron chi connectivity index (χ1n) is 3.32. The van der Waals surface area contributed by atoms with Crippen molar-refractivity contribution in [1.82, 2.24) is 0 Å². The lowest BCUT2D eigenvalue weighted by molar-refractivity contribution is 0.0962. The smallest absolute Gasteiger partial charge is 0.0742 e. The third-order valence-corrected chi connectivity index (χ3v) is 1.35. The average molecular weight is 128 g/mol. The lowest BCUT2D eigenvalue weighted by Crippen LogP contribution is -2.10. The van der Waals surface area contributed by atoms with Crippen molar-refractivity contribution in [3.8, 4) is 0 Å². The van der Waals surface area contributed by atoms with Crippen molar-refractivity contribution >= 4 is 0 Å². The summed E-state index contributed by atoms with van der Waals surface area (Å²) in [6.07, 6.45) is 5.17. The first kappa shape index (κ1) is 6.78. The Hall–Kier alpha value is -0.340. The molecule has 0 saturated carbocycles. The number of hydrogen-bond donors (Lipinski definition) is 1. The van der Waals surface area contributed by atoms with Gasteiger partial charge in [0.15, 0.2) is 0 Å². The summed E-state index contributed by atoms with van der Waals surface area (Å²) >= 11 is 0. The first-order valence-corrected chi connectivity index (χ1v) is 3.32. The molecule has 0 aromatic carbocycles. The molecule has 52 valence electrons. The van der Waals surface area contributed by atoms with Gasteiger partial charge < -0.3 is 9.84 Å². The van der Waals surface area contributed by atoms with Crippen molar-refractivity contribution in [2.24, 2.45) is 0 Å². The molecule has 0 amide bonds. The molecule has 0 bridgehead atoms. The van der Waals surface area contributed by atoms with Crippen molar-refractivity contribution in [1.29, 1.82) is 0 Å². The highest BCUT2D eigenvalue weighted by Gasteiger charge is 2.00. The van der Waals surface area contributed by atoms with E-state index in [0.29, 0.717) is 6.61 Å². The standard InChI is InChI=1S/C7H12O2/c8-7-3-1-2-5-9-6-4-7/h1,3,7-8H,2,4-6H2/b3-1-. The maximum Gasteiger partial charge on any atom is 0.0742 e. The number of rotatable bonds is 0. The summed E-state index contributed by atoms with van der Waals surface area (Å²) in [6, 6.07) is 0. The van der Waals surface area contributed by atoms with Crippen molar-refractivity contribution in [2.45, 2.75) is 18.9 Å². The largest absolute Gasteiger partial charge is 0.389 e. The van der Waals surface area contributed by atoms with E-state index in [-0.39, 0.29) is 6.10 Å². The monoisotopic (exact) mass is 128 g/mol. The predicted octanol–water partition coefficient (Wildman–Crippen LogP) is 0.714. The van der Waals surface area contributed by atoms with Crippen molar-refractivity contribution in [3.63, 3.8) is 0 Å². The molecular formula is C7H12O2. The fourth-order valence-corrected chi connectivity index (χ4v) is 0.807. The minimum Gasteiger partial charge on any atom is -0.389 e. The fraction of sp³-hybridized carbons (Fsp3) is 0.714. The van der Waals surface area contributed by atoms with E-state index in [2.05, 4.69) is 0 Å². The van der Waals surface area contributed by atoms with Gasteiger partial charge in [-0.25, -0.2) is 0 Å². The lowest BCUT2D eigenvalue weighted by Gasteiger charge is -2.08. The van der Waals surface area contributed by atoms with Gasteiger partial charge in [0.2, 0.25) is 0 Å². The van der Waals surface area contributed by atoms with Gasteiger partial charge in [0, 0.05) is 13.0 Å². The Labute approximate surface area is 55.1 Å². The molecule has 2 nitrogen and oxygen atoms in total. The lowest BCUT2D eigenvalue weighted by atomic mass is 10.2. The van der Waals surface area contributed by atoms with E-state index in [1.54, 1.807) is 0 Å². The highest BCUT2D eigenvalue weighted by atomic mass is 16.5. The number of aliphatic hydroxyl groups excluding tert-OH is 1. The van der Waals surface area contributed by atoms with Crippen LogP contribution >= 0.6 is 0 Å². The molecule has 2 heteroatoms. The van der Waals surface area contributed by atoms with Gasteiger partial charge in [-0.05, 0) is 6.42 Å². The molecular weight excluding hydrogens is 116 g/mol. The molecule has 1 atom stereocenters. The van der Waals surface area contributed by atoms with E-state index >= 15 is 0 Å². The van der Waals surface area contributed by atoms with Crippen LogP contribution in [0.3, 0.4) is 0 Å². The molecule has 1 rings (SSSR count). The van der Waals surface area contributed by atoms with Crippen LogP contribution in [-0.2, 0) is 4.74 Å². The van der Waals surface area contributed by atoms with Crippen LogP contribution in [0.25, 0.3) is 0 Å². The summed E-state index contributed by atoms with van der Waals surface area (Å²) < 4.78 is 5.13. The van der Waals surface area contributed by atoms with Gasteiger partial charge in [-0.1, -0.05) is 12.2 Å². The highest BCUT2D eigenvalue weighted by molar-refractivity contribution is 4.89.